The van der Waals surface area contributed by atoms with Gasteiger partial charge in [0.1, 0.15) is 4.90 Å². The average molecular weight is 311 g/mol. The average Bonchev–Trinajstić information content (AvgIpc) is 2.37. The van der Waals surface area contributed by atoms with Crippen molar-refractivity contribution in [3.63, 3.8) is 0 Å². The molecule has 2 aromatic rings. The van der Waals surface area contributed by atoms with Crippen LogP contribution in [0.3, 0.4) is 0 Å². The van der Waals surface area contributed by atoms with Gasteiger partial charge in [-0.25, -0.2) is 22.0 Å². The van der Waals surface area contributed by atoms with Crippen molar-refractivity contribution in [3.05, 3.63) is 48.5 Å². The molecule has 0 aliphatic carbocycles. The highest BCUT2D eigenvalue weighted by Crippen LogP contribution is 2.31. The second-order valence-corrected chi connectivity index (χ2v) is 7.80. The lowest BCUT2D eigenvalue weighted by atomic mass is 10.1. The SMILES string of the molecule is CS(=O)(=O)c1cccc(-c2ccccc2)c1S(N)(=O)=O. The van der Waals surface area contributed by atoms with E-state index < -0.39 is 19.9 Å². The summed E-state index contributed by atoms with van der Waals surface area (Å²) in [6.07, 6.45) is 0.950. The van der Waals surface area contributed by atoms with E-state index in [0.29, 0.717) is 5.56 Å². The first-order valence-corrected chi connectivity index (χ1v) is 9.06. The van der Waals surface area contributed by atoms with Crippen molar-refractivity contribution in [2.24, 2.45) is 5.14 Å². The van der Waals surface area contributed by atoms with Crippen LogP contribution in [0.5, 0.6) is 0 Å². The van der Waals surface area contributed by atoms with Gasteiger partial charge in [-0.15, -0.1) is 0 Å². The summed E-state index contributed by atoms with van der Waals surface area (Å²) < 4.78 is 47.1. The van der Waals surface area contributed by atoms with E-state index in [1.807, 2.05) is 0 Å². The second-order valence-electron chi connectivity index (χ2n) is 4.32. The first-order chi connectivity index (χ1) is 9.21. The highest BCUT2D eigenvalue weighted by Gasteiger charge is 2.25. The van der Waals surface area contributed by atoms with Gasteiger partial charge in [-0.2, -0.15) is 0 Å². The highest BCUT2D eigenvalue weighted by atomic mass is 32.2. The van der Waals surface area contributed by atoms with Gasteiger partial charge < -0.3 is 0 Å². The van der Waals surface area contributed by atoms with Gasteiger partial charge in [-0.05, 0) is 11.6 Å². The van der Waals surface area contributed by atoms with E-state index >= 15 is 0 Å². The lowest BCUT2D eigenvalue weighted by molar-refractivity contribution is 0.587. The first kappa shape index (κ1) is 14.7. The van der Waals surface area contributed by atoms with Crippen molar-refractivity contribution < 1.29 is 16.8 Å². The maximum atomic E-state index is 11.8. The molecule has 2 N–H and O–H groups in total. The molecule has 2 rings (SSSR count). The van der Waals surface area contributed by atoms with E-state index in [9.17, 15) is 16.8 Å². The van der Waals surface area contributed by atoms with E-state index in [0.717, 1.165) is 6.26 Å². The normalized spacial score (nSPS) is 12.3. The molecule has 0 aromatic heterocycles. The Morgan fingerprint density at radius 2 is 1.45 bits per heavy atom. The van der Waals surface area contributed by atoms with Crippen LogP contribution in [0.2, 0.25) is 0 Å². The molecule has 0 saturated carbocycles. The minimum absolute atomic E-state index is 0.274. The van der Waals surface area contributed by atoms with Crippen molar-refractivity contribution in [1.82, 2.24) is 0 Å². The second kappa shape index (κ2) is 5.01. The van der Waals surface area contributed by atoms with E-state index in [4.69, 9.17) is 5.14 Å². The molecule has 0 aliphatic rings. The fraction of sp³-hybridized carbons (Fsp3) is 0.0769. The topological polar surface area (TPSA) is 94.3 Å². The maximum Gasteiger partial charge on any atom is 0.239 e. The quantitative estimate of drug-likeness (QED) is 0.927. The minimum atomic E-state index is -4.17. The Hall–Kier alpha value is -1.70. The number of primary sulfonamides is 1. The zero-order valence-corrected chi connectivity index (χ0v) is 12.3. The number of sulfone groups is 1. The van der Waals surface area contributed by atoms with Crippen LogP contribution >= 0.6 is 0 Å². The summed E-state index contributed by atoms with van der Waals surface area (Å²) in [4.78, 5) is -0.657. The van der Waals surface area contributed by atoms with Crippen LogP contribution in [0.15, 0.2) is 58.3 Å². The van der Waals surface area contributed by atoms with Crippen LogP contribution in [-0.2, 0) is 19.9 Å². The zero-order chi connectivity index (χ0) is 15.0. The van der Waals surface area contributed by atoms with Gasteiger partial charge in [-0.1, -0.05) is 42.5 Å². The fourth-order valence-corrected chi connectivity index (χ4v) is 4.36. The number of hydrogen-bond donors (Lipinski definition) is 1. The maximum absolute atomic E-state index is 11.8. The number of nitrogens with two attached hydrogens (primary N) is 1. The standard InChI is InChI=1S/C13H13NO4S2/c1-19(15,16)12-9-5-8-11(13(12)20(14,17)18)10-6-3-2-4-7-10/h2-9H,1H3,(H2,14,17,18). The molecule has 0 saturated heterocycles. The number of rotatable bonds is 3. The number of sulfonamides is 1. The van der Waals surface area contributed by atoms with Crippen molar-refractivity contribution in [2.45, 2.75) is 9.79 Å². The third-order valence-corrected chi connectivity index (χ3v) is 5.02. The minimum Gasteiger partial charge on any atom is -0.225 e. The summed E-state index contributed by atoms with van der Waals surface area (Å²) in [6.45, 7) is 0. The van der Waals surface area contributed by atoms with Crippen LogP contribution in [0.4, 0.5) is 0 Å². The molecule has 0 aliphatic heterocycles. The van der Waals surface area contributed by atoms with Gasteiger partial charge in [0.05, 0.1) is 4.90 Å². The Labute approximate surface area is 118 Å². The number of benzene rings is 2. The molecule has 0 unspecified atom stereocenters. The van der Waals surface area contributed by atoms with Gasteiger partial charge in [-0.3, -0.25) is 0 Å². The molecule has 0 amide bonds. The predicted octanol–water partition coefficient (Wildman–Crippen LogP) is 1.40. The molecule has 0 radical (unpaired) electrons. The molecule has 0 fully saturated rings. The van der Waals surface area contributed by atoms with Gasteiger partial charge in [0.2, 0.25) is 10.0 Å². The lowest BCUT2D eigenvalue weighted by Gasteiger charge is -2.12. The first-order valence-electron chi connectivity index (χ1n) is 5.62. The van der Waals surface area contributed by atoms with Gasteiger partial charge >= 0.3 is 0 Å². The van der Waals surface area contributed by atoms with Crippen molar-refractivity contribution in [1.29, 1.82) is 0 Å². The molecule has 2 aromatic carbocycles. The monoisotopic (exact) mass is 311 g/mol. The number of hydrogen-bond acceptors (Lipinski definition) is 4. The molecule has 20 heavy (non-hydrogen) atoms. The lowest BCUT2D eigenvalue weighted by Crippen LogP contribution is -2.17. The van der Waals surface area contributed by atoms with E-state index in [1.54, 1.807) is 30.3 Å². The van der Waals surface area contributed by atoms with Crippen LogP contribution in [-0.4, -0.2) is 23.1 Å². The predicted molar refractivity (Wildman–Crippen MR) is 76.4 cm³/mol. The van der Waals surface area contributed by atoms with Crippen LogP contribution in [0.25, 0.3) is 11.1 Å². The Bertz CT molecular complexity index is 841. The van der Waals surface area contributed by atoms with Gasteiger partial charge in [0.25, 0.3) is 0 Å². The van der Waals surface area contributed by atoms with E-state index in [-0.39, 0.29) is 15.4 Å². The molecule has 106 valence electrons. The van der Waals surface area contributed by atoms with E-state index in [2.05, 4.69) is 0 Å². The van der Waals surface area contributed by atoms with Crippen LogP contribution in [0, 0.1) is 0 Å². The fourth-order valence-electron chi connectivity index (χ4n) is 1.95. The Morgan fingerprint density at radius 3 is 1.95 bits per heavy atom. The Balaban J connectivity index is 2.92. The third-order valence-electron chi connectivity index (χ3n) is 2.75. The molecule has 5 nitrogen and oxygen atoms in total. The Kier molecular flexibility index (Phi) is 3.68. The van der Waals surface area contributed by atoms with Crippen molar-refractivity contribution >= 4 is 19.9 Å². The summed E-state index contributed by atoms with van der Waals surface area (Å²) >= 11 is 0. The summed E-state index contributed by atoms with van der Waals surface area (Å²) in [6, 6.07) is 12.9. The van der Waals surface area contributed by atoms with Crippen LogP contribution in [0.1, 0.15) is 0 Å². The molecule has 0 spiro atoms. The highest BCUT2D eigenvalue weighted by molar-refractivity contribution is 7.93. The molecule has 0 bridgehead atoms. The summed E-state index contributed by atoms with van der Waals surface area (Å²) in [5.74, 6) is 0. The van der Waals surface area contributed by atoms with E-state index in [1.165, 1.54) is 18.2 Å². The van der Waals surface area contributed by atoms with Gasteiger partial charge in [0, 0.05) is 11.8 Å². The largest absolute Gasteiger partial charge is 0.239 e. The molecule has 0 atom stereocenters. The summed E-state index contributed by atoms with van der Waals surface area (Å²) in [5, 5.41) is 5.20. The Morgan fingerprint density at radius 1 is 0.850 bits per heavy atom. The molecule has 7 heteroatoms. The van der Waals surface area contributed by atoms with Crippen molar-refractivity contribution in [2.75, 3.05) is 6.26 Å². The molecular weight excluding hydrogens is 298 g/mol. The van der Waals surface area contributed by atoms with Crippen molar-refractivity contribution in [3.8, 4) is 11.1 Å². The smallest absolute Gasteiger partial charge is 0.225 e. The van der Waals surface area contributed by atoms with Gasteiger partial charge in [0.15, 0.2) is 9.84 Å². The zero-order valence-electron chi connectivity index (χ0n) is 10.6. The third kappa shape index (κ3) is 2.90. The summed E-state index contributed by atoms with van der Waals surface area (Å²) in [5.41, 5.74) is 0.859. The van der Waals surface area contributed by atoms with Crippen LogP contribution < -0.4 is 5.14 Å². The molecule has 0 heterocycles. The summed E-state index contributed by atoms with van der Waals surface area (Å²) in [7, 11) is -7.88. The molecular formula is C13H13NO4S2.